The molecule has 0 unspecified atom stereocenters. The molecular weight excluding hydrogens is 176 g/mol. The molecule has 0 spiro atoms. The van der Waals surface area contributed by atoms with Crippen molar-refractivity contribution in [1.82, 2.24) is 19.7 Å². The highest BCUT2D eigenvalue weighted by atomic mass is 15.3. The lowest BCUT2D eigenvalue weighted by Gasteiger charge is -2.01. The van der Waals surface area contributed by atoms with Gasteiger partial charge in [-0.05, 0) is 13.0 Å². The van der Waals surface area contributed by atoms with Crippen molar-refractivity contribution in [2.45, 2.75) is 20.8 Å². The molecule has 2 heterocycles. The summed E-state index contributed by atoms with van der Waals surface area (Å²) in [6, 6.07) is 1.87. The van der Waals surface area contributed by atoms with Crippen LogP contribution in [0.2, 0.25) is 0 Å². The van der Waals surface area contributed by atoms with Crippen molar-refractivity contribution >= 4 is 0 Å². The van der Waals surface area contributed by atoms with Crippen molar-refractivity contribution < 1.29 is 0 Å². The molecule has 0 saturated carbocycles. The lowest BCUT2D eigenvalue weighted by molar-refractivity contribution is 0.850. The number of nitrogens with zero attached hydrogens (tertiary/aromatic N) is 4. The maximum Gasteiger partial charge on any atom is 0.115 e. The van der Waals surface area contributed by atoms with E-state index in [-0.39, 0.29) is 0 Å². The fourth-order valence-corrected chi connectivity index (χ4v) is 1.02. The van der Waals surface area contributed by atoms with Crippen molar-refractivity contribution in [3.63, 3.8) is 0 Å². The Hall–Kier alpha value is -1.71. The first-order valence-corrected chi connectivity index (χ1v) is 4.64. The van der Waals surface area contributed by atoms with Gasteiger partial charge in [0.1, 0.15) is 12.0 Å². The van der Waals surface area contributed by atoms with E-state index in [0.29, 0.717) is 0 Å². The molecule has 0 amide bonds. The molecule has 0 aliphatic rings. The van der Waals surface area contributed by atoms with E-state index >= 15 is 0 Å². The first kappa shape index (κ1) is 10.4. The van der Waals surface area contributed by atoms with Gasteiger partial charge in [0, 0.05) is 12.4 Å². The van der Waals surface area contributed by atoms with Crippen LogP contribution in [0.4, 0.5) is 0 Å². The summed E-state index contributed by atoms with van der Waals surface area (Å²) < 4.78 is 1.75. The summed E-state index contributed by atoms with van der Waals surface area (Å²) in [7, 11) is 0. The second kappa shape index (κ2) is 5.11. The third kappa shape index (κ3) is 2.16. The van der Waals surface area contributed by atoms with E-state index < -0.39 is 0 Å². The third-order valence-corrected chi connectivity index (χ3v) is 1.64. The van der Waals surface area contributed by atoms with Gasteiger partial charge in [-0.25, -0.2) is 14.6 Å². The van der Waals surface area contributed by atoms with E-state index in [2.05, 4.69) is 15.1 Å². The molecule has 2 aromatic rings. The first-order chi connectivity index (χ1) is 6.88. The number of aryl methyl sites for hydroxylation is 1. The molecule has 0 aromatic carbocycles. The first-order valence-electron chi connectivity index (χ1n) is 4.64. The molecule has 2 rings (SSSR count). The Morgan fingerprint density at radius 1 is 1.29 bits per heavy atom. The molecule has 0 saturated heterocycles. The smallest absolute Gasteiger partial charge is 0.115 e. The zero-order chi connectivity index (χ0) is 10.4. The van der Waals surface area contributed by atoms with E-state index in [4.69, 9.17) is 0 Å². The molecular formula is C10H14N4. The maximum absolute atomic E-state index is 4.08. The molecule has 4 nitrogen and oxygen atoms in total. The second-order valence-electron chi connectivity index (χ2n) is 2.44. The monoisotopic (exact) mass is 190 g/mol. The van der Waals surface area contributed by atoms with Crippen molar-refractivity contribution in [2.24, 2.45) is 0 Å². The molecule has 2 aromatic heterocycles. The predicted octanol–water partition coefficient (Wildman–Crippen LogP) is 2.00. The molecule has 14 heavy (non-hydrogen) atoms. The Morgan fingerprint density at radius 2 is 2.07 bits per heavy atom. The normalized spacial score (nSPS) is 9.07. The summed E-state index contributed by atoms with van der Waals surface area (Å²) in [4.78, 5) is 7.99. The van der Waals surface area contributed by atoms with E-state index in [0.717, 1.165) is 11.4 Å². The fourth-order valence-electron chi connectivity index (χ4n) is 1.02. The molecule has 4 heteroatoms. The summed E-state index contributed by atoms with van der Waals surface area (Å²) in [5.74, 6) is 0. The van der Waals surface area contributed by atoms with Gasteiger partial charge in [-0.1, -0.05) is 13.8 Å². The predicted molar refractivity (Wildman–Crippen MR) is 55.2 cm³/mol. The zero-order valence-electron chi connectivity index (χ0n) is 8.68. The Kier molecular flexibility index (Phi) is 3.79. The van der Waals surface area contributed by atoms with E-state index in [9.17, 15) is 0 Å². The quantitative estimate of drug-likeness (QED) is 0.690. The minimum atomic E-state index is 0.919. The highest BCUT2D eigenvalue weighted by Gasteiger charge is 1.99. The summed E-state index contributed by atoms with van der Waals surface area (Å²) in [5, 5.41) is 4.08. The maximum atomic E-state index is 4.08. The van der Waals surface area contributed by atoms with Crippen molar-refractivity contribution in [2.75, 3.05) is 0 Å². The Morgan fingerprint density at radius 3 is 2.64 bits per heavy atom. The average Bonchev–Trinajstić information content (AvgIpc) is 2.75. The van der Waals surface area contributed by atoms with Gasteiger partial charge in [0.05, 0.1) is 11.9 Å². The van der Waals surface area contributed by atoms with Gasteiger partial charge in [0.15, 0.2) is 0 Å². The molecule has 0 radical (unpaired) electrons. The van der Waals surface area contributed by atoms with E-state index in [1.54, 1.807) is 17.1 Å². The largest absolute Gasteiger partial charge is 0.243 e. The van der Waals surface area contributed by atoms with Crippen LogP contribution in [-0.4, -0.2) is 19.7 Å². The Labute approximate surface area is 83.6 Å². The zero-order valence-corrected chi connectivity index (χ0v) is 8.68. The summed E-state index contributed by atoms with van der Waals surface area (Å²) >= 11 is 0. The number of hydrogen-bond donors (Lipinski definition) is 0. The molecule has 0 aliphatic heterocycles. The van der Waals surface area contributed by atoms with Gasteiger partial charge in [-0.2, -0.15) is 5.10 Å². The van der Waals surface area contributed by atoms with Gasteiger partial charge < -0.3 is 0 Å². The molecule has 74 valence electrons. The molecule has 0 atom stereocenters. The minimum absolute atomic E-state index is 0.919. The Bertz CT molecular complexity index is 367. The summed E-state index contributed by atoms with van der Waals surface area (Å²) in [5.41, 5.74) is 1.84. The average molecular weight is 190 g/mol. The van der Waals surface area contributed by atoms with Gasteiger partial charge in [-0.3, -0.25) is 0 Å². The van der Waals surface area contributed by atoms with Gasteiger partial charge in [-0.15, -0.1) is 0 Å². The third-order valence-electron chi connectivity index (χ3n) is 1.64. The highest BCUT2D eigenvalue weighted by Crippen LogP contribution is 2.06. The molecule has 0 fully saturated rings. The number of aromatic nitrogens is 4. The van der Waals surface area contributed by atoms with Gasteiger partial charge in [0.25, 0.3) is 0 Å². The van der Waals surface area contributed by atoms with Crippen LogP contribution in [-0.2, 0) is 0 Å². The Balaban J connectivity index is 0.000000461. The van der Waals surface area contributed by atoms with Crippen LogP contribution in [0.5, 0.6) is 0 Å². The minimum Gasteiger partial charge on any atom is -0.243 e. The van der Waals surface area contributed by atoms with E-state index in [1.807, 2.05) is 33.0 Å². The van der Waals surface area contributed by atoms with E-state index in [1.165, 1.54) is 6.33 Å². The lowest BCUT2D eigenvalue weighted by atomic mass is 10.4. The lowest BCUT2D eigenvalue weighted by Crippen LogP contribution is -1.99. The van der Waals surface area contributed by atoms with Crippen LogP contribution in [0.25, 0.3) is 5.69 Å². The molecule has 0 aliphatic carbocycles. The van der Waals surface area contributed by atoms with Crippen LogP contribution in [0, 0.1) is 6.92 Å². The highest BCUT2D eigenvalue weighted by molar-refractivity contribution is 5.30. The van der Waals surface area contributed by atoms with Crippen molar-refractivity contribution in [1.29, 1.82) is 0 Å². The molecule has 0 N–H and O–H groups in total. The van der Waals surface area contributed by atoms with Gasteiger partial charge >= 0.3 is 0 Å². The van der Waals surface area contributed by atoms with Crippen molar-refractivity contribution in [3.8, 4) is 5.69 Å². The molecule has 0 bridgehead atoms. The fraction of sp³-hybridized carbons (Fsp3) is 0.300. The van der Waals surface area contributed by atoms with Crippen molar-refractivity contribution in [3.05, 3.63) is 36.7 Å². The second-order valence-corrected chi connectivity index (χ2v) is 2.44. The standard InChI is InChI=1S/C8H8N4.C2H6/c1-7-8(5-9-6-10-7)12-4-2-3-11-12;1-2/h2-6H,1H3;1-2H3. The SMILES string of the molecule is CC.Cc1ncncc1-n1cccn1. The van der Waals surface area contributed by atoms with Crippen LogP contribution in [0.3, 0.4) is 0 Å². The summed E-state index contributed by atoms with van der Waals surface area (Å²) in [6.07, 6.45) is 6.87. The number of hydrogen-bond acceptors (Lipinski definition) is 3. The number of rotatable bonds is 1. The topological polar surface area (TPSA) is 43.6 Å². The van der Waals surface area contributed by atoms with Crippen LogP contribution in [0.1, 0.15) is 19.5 Å². The summed E-state index contributed by atoms with van der Waals surface area (Å²) in [6.45, 7) is 5.93. The van der Waals surface area contributed by atoms with Crippen LogP contribution >= 0.6 is 0 Å². The van der Waals surface area contributed by atoms with Crippen LogP contribution < -0.4 is 0 Å². The van der Waals surface area contributed by atoms with Crippen LogP contribution in [0.15, 0.2) is 31.0 Å². The van der Waals surface area contributed by atoms with Gasteiger partial charge in [0.2, 0.25) is 0 Å².